The number of hydrogen-bond acceptors (Lipinski definition) is 2. The molecule has 1 heterocycles. The van der Waals surface area contributed by atoms with Crippen LogP contribution in [0.3, 0.4) is 0 Å². The smallest absolute Gasteiger partial charge is 0.248 e. The van der Waals surface area contributed by atoms with Crippen LogP contribution in [0.4, 0.5) is 8.78 Å². The number of rotatable bonds is 10. The van der Waals surface area contributed by atoms with Gasteiger partial charge in [0.2, 0.25) is 5.92 Å². The number of aliphatic hydroxyl groups excluding tert-OH is 1. The van der Waals surface area contributed by atoms with E-state index in [-0.39, 0.29) is 44.9 Å². The highest BCUT2D eigenvalue weighted by Crippen LogP contribution is 2.33. The Morgan fingerprint density at radius 2 is 1.72 bits per heavy atom. The predicted octanol–water partition coefficient (Wildman–Crippen LogP) is 6.46. The van der Waals surface area contributed by atoms with Crippen LogP contribution in [-0.2, 0) is 0 Å². The molecule has 0 radical (unpaired) electrons. The van der Waals surface area contributed by atoms with Crippen molar-refractivity contribution in [2.24, 2.45) is 0 Å². The number of aliphatic hydroxyl groups is 1. The van der Waals surface area contributed by atoms with E-state index in [1.54, 1.807) is 0 Å². The van der Waals surface area contributed by atoms with Gasteiger partial charge in [0.1, 0.15) is 5.75 Å². The molecule has 2 aromatic carbocycles. The number of hydrogen-bond donors (Lipinski definition) is 1. The number of benzene rings is 2. The van der Waals surface area contributed by atoms with Gasteiger partial charge in [-0.2, -0.15) is 0 Å². The number of ether oxygens (including phenoxy) is 1. The molecule has 0 fully saturated rings. The molecule has 1 aromatic heterocycles. The maximum atomic E-state index is 13.7. The molecule has 1 N–H and O–H groups in total. The first-order valence-corrected chi connectivity index (χ1v) is 10.2. The summed E-state index contributed by atoms with van der Waals surface area (Å²) < 4.78 is 35.4. The van der Waals surface area contributed by atoms with E-state index in [0.717, 1.165) is 22.2 Å². The molecule has 0 saturated carbocycles. The summed E-state index contributed by atoms with van der Waals surface area (Å²) in [7, 11) is 0. The number of aromatic nitrogens is 1. The SMILES string of the molecule is CC(C)n1c(-c2ccccc2)cc2ccc(OCCCC(F)(F)CCCO)cc21. The van der Waals surface area contributed by atoms with Gasteiger partial charge in [-0.1, -0.05) is 30.3 Å². The largest absolute Gasteiger partial charge is 0.494 e. The van der Waals surface area contributed by atoms with E-state index < -0.39 is 5.92 Å². The van der Waals surface area contributed by atoms with Gasteiger partial charge >= 0.3 is 0 Å². The molecule has 5 heteroatoms. The summed E-state index contributed by atoms with van der Waals surface area (Å²) >= 11 is 0. The molecule has 3 nitrogen and oxygen atoms in total. The average Bonchev–Trinajstić information content (AvgIpc) is 3.09. The first-order valence-electron chi connectivity index (χ1n) is 10.2. The molecule has 0 atom stereocenters. The van der Waals surface area contributed by atoms with Crippen LogP contribution < -0.4 is 4.74 Å². The predicted molar refractivity (Wildman–Crippen MR) is 114 cm³/mol. The second kappa shape index (κ2) is 9.40. The zero-order chi connectivity index (χ0) is 20.9. The summed E-state index contributed by atoms with van der Waals surface area (Å²) in [5.74, 6) is -2.05. The van der Waals surface area contributed by atoms with E-state index in [9.17, 15) is 8.78 Å². The maximum absolute atomic E-state index is 13.7. The fourth-order valence-corrected chi connectivity index (χ4v) is 3.66. The number of nitrogens with zero attached hydrogens (tertiary/aromatic N) is 1. The van der Waals surface area contributed by atoms with Crippen LogP contribution >= 0.6 is 0 Å². The van der Waals surface area contributed by atoms with Crippen LogP contribution in [0, 0.1) is 0 Å². The molecular weight excluding hydrogens is 372 g/mol. The lowest BCUT2D eigenvalue weighted by Crippen LogP contribution is -2.17. The van der Waals surface area contributed by atoms with Crippen LogP contribution in [0.1, 0.15) is 45.6 Å². The molecule has 156 valence electrons. The summed E-state index contributed by atoms with van der Waals surface area (Å²) in [6.07, 6.45) is -0.104. The van der Waals surface area contributed by atoms with E-state index in [2.05, 4.69) is 36.6 Å². The van der Waals surface area contributed by atoms with Crippen molar-refractivity contribution >= 4 is 10.9 Å². The number of fused-ring (bicyclic) bond motifs is 1. The monoisotopic (exact) mass is 401 g/mol. The minimum atomic E-state index is -2.74. The van der Waals surface area contributed by atoms with Gasteiger partial charge in [-0.15, -0.1) is 0 Å². The third-order valence-electron chi connectivity index (χ3n) is 5.06. The van der Waals surface area contributed by atoms with E-state index in [4.69, 9.17) is 9.84 Å². The second-order valence-electron chi connectivity index (χ2n) is 7.72. The van der Waals surface area contributed by atoms with Crippen LogP contribution in [0.15, 0.2) is 54.6 Å². The molecule has 0 aliphatic rings. The molecule has 3 rings (SSSR count). The van der Waals surface area contributed by atoms with Gasteiger partial charge in [0.05, 0.1) is 12.1 Å². The highest BCUT2D eigenvalue weighted by Gasteiger charge is 2.27. The lowest BCUT2D eigenvalue weighted by atomic mass is 10.1. The Kier molecular flexibility index (Phi) is 6.91. The van der Waals surface area contributed by atoms with Gasteiger partial charge in [-0.05, 0) is 50.5 Å². The Labute approximate surface area is 170 Å². The maximum Gasteiger partial charge on any atom is 0.248 e. The zero-order valence-corrected chi connectivity index (χ0v) is 17.1. The van der Waals surface area contributed by atoms with Crippen LogP contribution in [0.5, 0.6) is 5.75 Å². The summed E-state index contributed by atoms with van der Waals surface area (Å²) in [6.45, 7) is 4.34. The first kappa shape index (κ1) is 21.3. The molecule has 0 aliphatic heterocycles. The van der Waals surface area contributed by atoms with E-state index in [1.807, 2.05) is 36.4 Å². The standard InChI is InChI=1S/C24H29F2NO2/c1-18(2)27-22(19-8-4-3-5-9-19)16-20-10-11-21(17-23(20)27)29-15-7-13-24(25,26)12-6-14-28/h3-5,8-11,16-18,28H,6-7,12-15H2,1-2H3. The first-order chi connectivity index (χ1) is 13.9. The molecule has 0 bridgehead atoms. The average molecular weight is 401 g/mol. The van der Waals surface area contributed by atoms with Crippen molar-refractivity contribution in [3.8, 4) is 17.0 Å². The molecule has 0 unspecified atom stereocenters. The third kappa shape index (κ3) is 5.36. The molecule has 0 aliphatic carbocycles. The van der Waals surface area contributed by atoms with E-state index in [0.29, 0.717) is 5.75 Å². The number of halogens is 2. The van der Waals surface area contributed by atoms with Crippen molar-refractivity contribution in [3.63, 3.8) is 0 Å². The minimum Gasteiger partial charge on any atom is -0.494 e. The third-order valence-corrected chi connectivity index (χ3v) is 5.06. The second-order valence-corrected chi connectivity index (χ2v) is 7.72. The van der Waals surface area contributed by atoms with Crippen molar-refractivity contribution in [1.29, 1.82) is 0 Å². The Hall–Kier alpha value is -2.40. The van der Waals surface area contributed by atoms with Gasteiger partial charge in [0.15, 0.2) is 0 Å². The van der Waals surface area contributed by atoms with Crippen molar-refractivity contribution in [1.82, 2.24) is 4.57 Å². The Morgan fingerprint density at radius 3 is 2.41 bits per heavy atom. The van der Waals surface area contributed by atoms with Crippen molar-refractivity contribution in [2.75, 3.05) is 13.2 Å². The molecule has 0 spiro atoms. The normalized spacial score (nSPS) is 12.1. The fourth-order valence-electron chi connectivity index (χ4n) is 3.66. The minimum absolute atomic E-state index is 0.125. The van der Waals surface area contributed by atoms with Gasteiger partial charge in [-0.25, -0.2) is 8.78 Å². The Morgan fingerprint density at radius 1 is 1.00 bits per heavy atom. The quantitative estimate of drug-likeness (QED) is 0.396. The van der Waals surface area contributed by atoms with Gasteiger partial charge in [-0.3, -0.25) is 0 Å². The zero-order valence-electron chi connectivity index (χ0n) is 17.1. The fraction of sp³-hybridized carbons (Fsp3) is 0.417. The summed E-state index contributed by atoms with van der Waals surface area (Å²) in [6, 6.07) is 18.6. The van der Waals surface area contributed by atoms with Gasteiger partial charge in [0, 0.05) is 42.6 Å². The van der Waals surface area contributed by atoms with E-state index in [1.165, 1.54) is 0 Å². The molecule has 0 amide bonds. The number of alkyl halides is 2. The summed E-state index contributed by atoms with van der Waals surface area (Å²) in [5, 5.41) is 9.84. The van der Waals surface area contributed by atoms with Crippen molar-refractivity contribution in [3.05, 3.63) is 54.6 Å². The Bertz CT molecular complexity index is 919. The lowest BCUT2D eigenvalue weighted by Gasteiger charge is -2.16. The lowest BCUT2D eigenvalue weighted by molar-refractivity contribution is -0.0254. The van der Waals surface area contributed by atoms with Crippen molar-refractivity contribution < 1.29 is 18.6 Å². The molecular formula is C24H29F2NO2. The van der Waals surface area contributed by atoms with Gasteiger partial charge in [0.25, 0.3) is 0 Å². The molecule has 0 saturated heterocycles. The van der Waals surface area contributed by atoms with Crippen LogP contribution in [0.25, 0.3) is 22.2 Å². The van der Waals surface area contributed by atoms with Crippen LogP contribution in [-0.4, -0.2) is 28.8 Å². The van der Waals surface area contributed by atoms with Crippen molar-refractivity contribution in [2.45, 2.75) is 51.5 Å². The topological polar surface area (TPSA) is 34.4 Å². The summed E-state index contributed by atoms with van der Waals surface area (Å²) in [4.78, 5) is 0. The molecule has 3 aromatic rings. The van der Waals surface area contributed by atoms with Gasteiger partial charge < -0.3 is 14.4 Å². The highest BCUT2D eigenvalue weighted by atomic mass is 19.3. The van der Waals surface area contributed by atoms with Crippen LogP contribution in [0.2, 0.25) is 0 Å². The summed E-state index contributed by atoms with van der Waals surface area (Å²) in [5.41, 5.74) is 3.38. The Balaban J connectivity index is 1.74. The highest BCUT2D eigenvalue weighted by molar-refractivity contribution is 5.88. The molecule has 29 heavy (non-hydrogen) atoms. The van der Waals surface area contributed by atoms with E-state index >= 15 is 0 Å².